The summed E-state index contributed by atoms with van der Waals surface area (Å²) in [5.74, 6) is 0.0975. The summed E-state index contributed by atoms with van der Waals surface area (Å²) in [4.78, 5) is 17.1. The smallest absolute Gasteiger partial charge is 0.220 e. The van der Waals surface area contributed by atoms with Crippen molar-refractivity contribution in [1.82, 2.24) is 20.1 Å². The molecular weight excluding hydrogens is 348 g/mol. The maximum Gasteiger partial charge on any atom is 0.220 e. The van der Waals surface area contributed by atoms with Crippen LogP contribution in [0.15, 0.2) is 24.3 Å². The number of fused-ring (bicyclic) bond motifs is 1. The predicted molar refractivity (Wildman–Crippen MR) is 114 cm³/mol. The van der Waals surface area contributed by atoms with Crippen LogP contribution in [0.5, 0.6) is 0 Å². The molecule has 3 rings (SSSR count). The van der Waals surface area contributed by atoms with Crippen LogP contribution in [-0.4, -0.2) is 26.7 Å². The molecule has 2 heterocycles. The summed E-state index contributed by atoms with van der Waals surface area (Å²) in [6.45, 7) is 12.3. The number of pyridine rings is 1. The van der Waals surface area contributed by atoms with E-state index < -0.39 is 0 Å². The Hall–Kier alpha value is -2.69. The van der Waals surface area contributed by atoms with Gasteiger partial charge in [0.1, 0.15) is 0 Å². The fraction of sp³-hybridized carbons (Fsp3) is 0.435. The molecule has 0 aliphatic rings. The molecule has 2 aromatic heterocycles. The Kier molecular flexibility index (Phi) is 5.82. The van der Waals surface area contributed by atoms with E-state index in [1.165, 1.54) is 11.1 Å². The van der Waals surface area contributed by atoms with Gasteiger partial charge in [0.2, 0.25) is 5.91 Å². The van der Waals surface area contributed by atoms with E-state index in [-0.39, 0.29) is 11.9 Å². The van der Waals surface area contributed by atoms with Crippen LogP contribution in [0.25, 0.3) is 16.7 Å². The fourth-order valence-corrected chi connectivity index (χ4v) is 3.63. The van der Waals surface area contributed by atoms with Crippen LogP contribution in [0.2, 0.25) is 0 Å². The second-order valence-electron chi connectivity index (χ2n) is 7.71. The molecule has 0 fully saturated rings. The highest BCUT2D eigenvalue weighted by atomic mass is 16.1. The molecule has 1 atom stereocenters. The lowest BCUT2D eigenvalue weighted by Gasteiger charge is -2.14. The van der Waals surface area contributed by atoms with Crippen LogP contribution < -0.4 is 5.32 Å². The van der Waals surface area contributed by atoms with Gasteiger partial charge in [-0.3, -0.25) is 4.79 Å². The minimum Gasteiger partial charge on any atom is -0.354 e. The van der Waals surface area contributed by atoms with Crippen molar-refractivity contribution in [3.05, 3.63) is 52.3 Å². The molecule has 0 saturated heterocycles. The number of aromatic nitrogens is 3. The summed E-state index contributed by atoms with van der Waals surface area (Å²) in [6.07, 6.45) is 2.11. The fourth-order valence-electron chi connectivity index (χ4n) is 3.63. The third kappa shape index (κ3) is 3.93. The number of amides is 1. The summed E-state index contributed by atoms with van der Waals surface area (Å²) in [5, 5.41) is 8.88. The van der Waals surface area contributed by atoms with E-state index in [4.69, 9.17) is 10.1 Å². The summed E-state index contributed by atoms with van der Waals surface area (Å²) < 4.78 is 1.92. The van der Waals surface area contributed by atoms with Crippen LogP contribution in [0.3, 0.4) is 0 Å². The largest absolute Gasteiger partial charge is 0.354 e. The van der Waals surface area contributed by atoms with Gasteiger partial charge in [-0.1, -0.05) is 24.6 Å². The quantitative estimate of drug-likeness (QED) is 0.687. The molecule has 0 radical (unpaired) electrons. The first-order valence-electron chi connectivity index (χ1n) is 10.0. The zero-order chi connectivity index (χ0) is 20.4. The van der Waals surface area contributed by atoms with Gasteiger partial charge in [-0.15, -0.1) is 0 Å². The van der Waals surface area contributed by atoms with Crippen LogP contribution in [0.4, 0.5) is 0 Å². The van der Waals surface area contributed by atoms with Crippen molar-refractivity contribution in [2.24, 2.45) is 0 Å². The molecule has 0 spiro atoms. The van der Waals surface area contributed by atoms with Crippen molar-refractivity contribution >= 4 is 16.9 Å². The maximum atomic E-state index is 12.2. The highest BCUT2D eigenvalue weighted by molar-refractivity contribution is 5.85. The van der Waals surface area contributed by atoms with Gasteiger partial charge < -0.3 is 5.32 Å². The summed E-state index contributed by atoms with van der Waals surface area (Å²) in [7, 11) is 0. The molecule has 5 nitrogen and oxygen atoms in total. The van der Waals surface area contributed by atoms with E-state index in [0.29, 0.717) is 12.8 Å². The normalized spacial score (nSPS) is 12.4. The monoisotopic (exact) mass is 378 g/mol. The second-order valence-corrected chi connectivity index (χ2v) is 7.71. The number of carbonyl (C=O) groups is 1. The molecule has 28 heavy (non-hydrogen) atoms. The van der Waals surface area contributed by atoms with Crippen LogP contribution in [-0.2, 0) is 11.2 Å². The van der Waals surface area contributed by atoms with Gasteiger partial charge in [-0.25, -0.2) is 9.67 Å². The van der Waals surface area contributed by atoms with Crippen molar-refractivity contribution in [2.75, 3.05) is 0 Å². The number of hydrogen-bond donors (Lipinski definition) is 1. The van der Waals surface area contributed by atoms with Crippen molar-refractivity contribution < 1.29 is 4.79 Å². The zero-order valence-electron chi connectivity index (χ0n) is 17.8. The van der Waals surface area contributed by atoms with Crippen LogP contribution in [0, 0.1) is 27.7 Å². The van der Waals surface area contributed by atoms with Gasteiger partial charge in [-0.2, -0.15) is 5.10 Å². The molecule has 0 aliphatic carbocycles. The Morgan fingerprint density at radius 3 is 2.43 bits per heavy atom. The van der Waals surface area contributed by atoms with Gasteiger partial charge in [-0.05, 0) is 70.7 Å². The zero-order valence-corrected chi connectivity index (χ0v) is 17.8. The van der Waals surface area contributed by atoms with E-state index in [1.54, 1.807) is 0 Å². The predicted octanol–water partition coefficient (Wildman–Crippen LogP) is 4.50. The molecule has 1 N–H and O–H groups in total. The Morgan fingerprint density at radius 1 is 1.11 bits per heavy atom. The molecule has 0 bridgehead atoms. The first-order chi connectivity index (χ1) is 13.3. The number of aryl methyl sites for hydroxylation is 4. The first kappa shape index (κ1) is 20.1. The van der Waals surface area contributed by atoms with Crippen molar-refractivity contribution in [2.45, 2.75) is 66.8 Å². The maximum absolute atomic E-state index is 12.2. The number of nitrogens with zero attached hydrogens (tertiary/aromatic N) is 3. The summed E-state index contributed by atoms with van der Waals surface area (Å²) in [5.41, 5.74) is 7.36. The third-order valence-corrected chi connectivity index (χ3v) is 5.47. The van der Waals surface area contributed by atoms with Crippen molar-refractivity contribution in [1.29, 1.82) is 0 Å². The molecule has 5 heteroatoms. The van der Waals surface area contributed by atoms with Gasteiger partial charge in [0.15, 0.2) is 5.65 Å². The van der Waals surface area contributed by atoms with Gasteiger partial charge in [0, 0.05) is 23.5 Å². The van der Waals surface area contributed by atoms with Gasteiger partial charge in [0.25, 0.3) is 0 Å². The Balaban J connectivity index is 1.96. The van der Waals surface area contributed by atoms with E-state index in [9.17, 15) is 4.79 Å². The highest BCUT2D eigenvalue weighted by Gasteiger charge is 2.18. The molecule has 0 aliphatic heterocycles. The summed E-state index contributed by atoms with van der Waals surface area (Å²) in [6, 6.07) is 8.52. The molecule has 1 amide bonds. The topological polar surface area (TPSA) is 59.8 Å². The number of rotatable bonds is 6. The van der Waals surface area contributed by atoms with Gasteiger partial charge >= 0.3 is 0 Å². The standard InChI is InChI=1S/C23H30N4O/c1-7-15(3)24-21(28)13-12-20-16(4)22-18(6)26-27(23(22)25-17(20)5)19-10-8-14(2)9-11-19/h8-11,15H,7,12-13H2,1-6H3,(H,24,28)/t15-/m1/s1. The lowest BCUT2D eigenvalue weighted by Crippen LogP contribution is -2.32. The lowest BCUT2D eigenvalue weighted by atomic mass is 9.99. The Labute approximate surface area is 167 Å². The van der Waals surface area contributed by atoms with E-state index in [2.05, 4.69) is 50.4 Å². The number of hydrogen-bond acceptors (Lipinski definition) is 3. The lowest BCUT2D eigenvalue weighted by molar-refractivity contribution is -0.121. The van der Waals surface area contributed by atoms with Crippen molar-refractivity contribution in [3.8, 4) is 5.69 Å². The molecule has 3 aromatic rings. The third-order valence-electron chi connectivity index (χ3n) is 5.47. The summed E-state index contributed by atoms with van der Waals surface area (Å²) >= 11 is 0. The van der Waals surface area contributed by atoms with E-state index in [0.717, 1.165) is 40.1 Å². The molecule has 148 valence electrons. The number of carbonyl (C=O) groups excluding carboxylic acids is 1. The first-order valence-corrected chi connectivity index (χ1v) is 10.0. The average molecular weight is 379 g/mol. The van der Waals surface area contributed by atoms with E-state index >= 15 is 0 Å². The molecular formula is C23H30N4O. The van der Waals surface area contributed by atoms with Gasteiger partial charge in [0.05, 0.1) is 11.4 Å². The van der Waals surface area contributed by atoms with Crippen LogP contribution in [0.1, 0.15) is 54.8 Å². The highest BCUT2D eigenvalue weighted by Crippen LogP contribution is 2.28. The number of nitrogens with one attached hydrogen (secondary N) is 1. The number of benzene rings is 1. The average Bonchev–Trinajstić information content (AvgIpc) is 2.98. The van der Waals surface area contributed by atoms with Crippen molar-refractivity contribution in [3.63, 3.8) is 0 Å². The molecule has 1 aromatic carbocycles. The SMILES string of the molecule is CC[C@@H](C)NC(=O)CCc1c(C)nc2c(c(C)nn2-c2ccc(C)cc2)c1C. The van der Waals surface area contributed by atoms with Crippen LogP contribution >= 0.6 is 0 Å². The Morgan fingerprint density at radius 2 is 1.79 bits per heavy atom. The molecule has 0 unspecified atom stereocenters. The Bertz CT molecular complexity index is 1000. The van der Waals surface area contributed by atoms with E-state index in [1.807, 2.05) is 25.5 Å². The second kappa shape index (κ2) is 8.13. The minimum atomic E-state index is 0.0975. The minimum absolute atomic E-state index is 0.0975. The molecule has 0 saturated carbocycles.